The smallest absolute Gasteiger partial charge is 0.319 e. The number of rotatable bonds is 8. The van der Waals surface area contributed by atoms with E-state index in [-0.39, 0.29) is 6.03 Å². The van der Waals surface area contributed by atoms with E-state index in [1.165, 1.54) is 0 Å². The van der Waals surface area contributed by atoms with Gasteiger partial charge in [0.1, 0.15) is 0 Å². The molecule has 1 unspecified atom stereocenters. The van der Waals surface area contributed by atoms with Crippen LogP contribution in [-0.4, -0.2) is 36.3 Å². The molecule has 1 atom stereocenters. The van der Waals surface area contributed by atoms with Crippen molar-refractivity contribution in [1.29, 1.82) is 0 Å². The van der Waals surface area contributed by atoms with Crippen molar-refractivity contribution in [3.05, 3.63) is 42.5 Å². The van der Waals surface area contributed by atoms with Crippen molar-refractivity contribution in [1.82, 2.24) is 5.32 Å². The van der Waals surface area contributed by atoms with E-state index in [0.717, 1.165) is 5.56 Å². The van der Waals surface area contributed by atoms with Gasteiger partial charge in [-0.25, -0.2) is 4.79 Å². The highest BCUT2D eigenvalue weighted by Crippen LogP contribution is 2.12. The number of benzene rings is 1. The highest BCUT2D eigenvalue weighted by Gasteiger charge is 2.04. The number of hydrogen-bond donors (Lipinski definition) is 2. The number of ether oxygens (including phenoxy) is 1. The van der Waals surface area contributed by atoms with Gasteiger partial charge in [0.05, 0.1) is 6.61 Å². The van der Waals surface area contributed by atoms with Gasteiger partial charge in [-0.2, -0.15) is 0 Å². The summed E-state index contributed by atoms with van der Waals surface area (Å²) >= 11 is 0. The Balaban J connectivity index is 2.54. The molecule has 0 aliphatic carbocycles. The molecule has 20 heavy (non-hydrogen) atoms. The van der Waals surface area contributed by atoms with E-state index in [9.17, 15) is 9.00 Å². The first-order chi connectivity index (χ1) is 9.65. The van der Waals surface area contributed by atoms with E-state index in [1.54, 1.807) is 19.3 Å². The molecule has 0 aliphatic heterocycles. The van der Waals surface area contributed by atoms with E-state index in [1.807, 2.05) is 18.2 Å². The number of carbonyl (C=O) groups excluding carboxylic acids is 1. The van der Waals surface area contributed by atoms with Crippen LogP contribution in [0.2, 0.25) is 0 Å². The molecule has 1 aromatic carbocycles. The molecule has 5 nitrogen and oxygen atoms in total. The molecule has 110 valence electrons. The molecule has 0 radical (unpaired) electrons. The second kappa shape index (κ2) is 9.28. The molecule has 2 N–H and O–H groups in total. The molecular formula is C14H20N2O3S. The number of hydrogen-bond acceptors (Lipinski definition) is 3. The first kappa shape index (κ1) is 16.4. The average Bonchev–Trinajstić information content (AvgIpc) is 2.43. The van der Waals surface area contributed by atoms with Crippen molar-refractivity contribution in [2.75, 3.05) is 31.3 Å². The predicted molar refractivity (Wildman–Crippen MR) is 82.2 cm³/mol. The Morgan fingerprint density at radius 3 is 3.00 bits per heavy atom. The highest BCUT2D eigenvalue weighted by molar-refractivity contribution is 7.84. The zero-order valence-corrected chi connectivity index (χ0v) is 12.4. The van der Waals surface area contributed by atoms with Gasteiger partial charge < -0.3 is 15.4 Å². The Kier molecular flexibility index (Phi) is 7.60. The molecule has 1 rings (SSSR count). The minimum absolute atomic E-state index is 0.289. The lowest BCUT2D eigenvalue weighted by molar-refractivity contribution is 0.218. The van der Waals surface area contributed by atoms with Gasteiger partial charge in [-0.05, 0) is 17.7 Å². The number of anilines is 1. The van der Waals surface area contributed by atoms with Gasteiger partial charge in [0.25, 0.3) is 0 Å². The Morgan fingerprint density at radius 2 is 2.30 bits per heavy atom. The molecule has 0 aromatic heterocycles. The standard InChI is InChI=1S/C14H20N2O3S/c1-3-7-15-14(17)16-13-6-4-5-12(10-13)11-20(18)9-8-19-2/h3-6,10H,1,7-9,11H2,2H3,(H2,15,16,17). The fourth-order valence-corrected chi connectivity index (χ4v) is 2.56. The van der Waals surface area contributed by atoms with Gasteiger partial charge in [0, 0.05) is 41.6 Å². The van der Waals surface area contributed by atoms with Crippen LogP contribution in [0.5, 0.6) is 0 Å². The SMILES string of the molecule is C=CCNC(=O)Nc1cccc(CS(=O)CCOC)c1. The summed E-state index contributed by atoms with van der Waals surface area (Å²) in [6.07, 6.45) is 1.61. The van der Waals surface area contributed by atoms with Crippen LogP contribution in [0.15, 0.2) is 36.9 Å². The molecule has 2 amide bonds. The van der Waals surface area contributed by atoms with Crippen molar-refractivity contribution >= 4 is 22.5 Å². The second-order valence-corrected chi connectivity index (χ2v) is 5.68. The summed E-state index contributed by atoms with van der Waals surface area (Å²) in [6, 6.07) is 7.03. The molecule has 0 bridgehead atoms. The van der Waals surface area contributed by atoms with Crippen LogP contribution in [0.25, 0.3) is 0 Å². The molecule has 0 saturated carbocycles. The molecule has 0 spiro atoms. The van der Waals surface area contributed by atoms with Crippen LogP contribution in [0, 0.1) is 0 Å². The molecule has 0 heterocycles. The lowest BCUT2D eigenvalue weighted by atomic mass is 10.2. The summed E-state index contributed by atoms with van der Waals surface area (Å²) in [4.78, 5) is 11.5. The largest absolute Gasteiger partial charge is 0.384 e. The third kappa shape index (κ3) is 6.49. The van der Waals surface area contributed by atoms with Crippen LogP contribution >= 0.6 is 0 Å². The maximum absolute atomic E-state index is 11.8. The van der Waals surface area contributed by atoms with E-state index in [4.69, 9.17) is 4.74 Å². The lowest BCUT2D eigenvalue weighted by Crippen LogP contribution is -2.28. The van der Waals surface area contributed by atoms with Crippen LogP contribution in [0.4, 0.5) is 10.5 Å². The topological polar surface area (TPSA) is 67.4 Å². The van der Waals surface area contributed by atoms with Crippen molar-refractivity contribution in [2.24, 2.45) is 0 Å². The number of methoxy groups -OCH3 is 1. The van der Waals surface area contributed by atoms with Gasteiger partial charge in [-0.3, -0.25) is 4.21 Å². The second-order valence-electron chi connectivity index (χ2n) is 4.11. The van der Waals surface area contributed by atoms with Crippen LogP contribution in [0.3, 0.4) is 0 Å². The van der Waals surface area contributed by atoms with Gasteiger partial charge in [-0.15, -0.1) is 6.58 Å². The first-order valence-corrected chi connectivity index (χ1v) is 7.73. The molecule has 6 heteroatoms. The Bertz CT molecular complexity index is 477. The van der Waals surface area contributed by atoms with Crippen molar-refractivity contribution < 1.29 is 13.7 Å². The summed E-state index contributed by atoms with van der Waals surface area (Å²) in [5, 5.41) is 5.34. The van der Waals surface area contributed by atoms with Gasteiger partial charge in [0.2, 0.25) is 0 Å². The number of urea groups is 1. The monoisotopic (exact) mass is 296 g/mol. The van der Waals surface area contributed by atoms with Crippen LogP contribution in [0.1, 0.15) is 5.56 Å². The molecular weight excluding hydrogens is 276 g/mol. The zero-order chi connectivity index (χ0) is 14.8. The van der Waals surface area contributed by atoms with Crippen molar-refractivity contribution in [2.45, 2.75) is 5.75 Å². The summed E-state index contributed by atoms with van der Waals surface area (Å²) in [6.45, 7) is 4.41. The average molecular weight is 296 g/mol. The van der Waals surface area contributed by atoms with Gasteiger partial charge in [-0.1, -0.05) is 18.2 Å². The summed E-state index contributed by atoms with van der Waals surface area (Å²) in [7, 11) is 0.624. The normalized spacial score (nSPS) is 11.7. The Hall–Kier alpha value is -1.66. The van der Waals surface area contributed by atoms with E-state index in [2.05, 4.69) is 17.2 Å². The van der Waals surface area contributed by atoms with E-state index < -0.39 is 10.8 Å². The van der Waals surface area contributed by atoms with Crippen molar-refractivity contribution in [3.8, 4) is 0 Å². The van der Waals surface area contributed by atoms with Crippen molar-refractivity contribution in [3.63, 3.8) is 0 Å². The molecule has 0 saturated heterocycles. The van der Waals surface area contributed by atoms with Crippen LogP contribution in [-0.2, 0) is 21.3 Å². The number of carbonyl (C=O) groups is 1. The third-order valence-corrected chi connectivity index (χ3v) is 3.71. The molecule has 1 aromatic rings. The van der Waals surface area contributed by atoms with E-state index in [0.29, 0.717) is 30.3 Å². The Morgan fingerprint density at radius 1 is 1.50 bits per heavy atom. The minimum atomic E-state index is -0.963. The first-order valence-electron chi connectivity index (χ1n) is 6.24. The van der Waals surface area contributed by atoms with Gasteiger partial charge >= 0.3 is 6.03 Å². The van der Waals surface area contributed by atoms with Crippen LogP contribution < -0.4 is 10.6 Å². The summed E-state index contributed by atoms with van der Waals surface area (Å²) < 4.78 is 16.7. The number of nitrogens with one attached hydrogen (secondary N) is 2. The fraction of sp³-hybridized carbons (Fsp3) is 0.357. The quantitative estimate of drug-likeness (QED) is 0.720. The minimum Gasteiger partial charge on any atom is -0.384 e. The van der Waals surface area contributed by atoms with Gasteiger partial charge in [0.15, 0.2) is 0 Å². The molecule has 0 fully saturated rings. The summed E-state index contributed by atoms with van der Waals surface area (Å²) in [5.74, 6) is 0.959. The Labute approximate surface area is 121 Å². The zero-order valence-electron chi connectivity index (χ0n) is 11.6. The predicted octanol–water partition coefficient (Wildman–Crippen LogP) is 1.89. The highest BCUT2D eigenvalue weighted by atomic mass is 32.2. The molecule has 0 aliphatic rings. The summed E-state index contributed by atoms with van der Waals surface area (Å²) in [5.41, 5.74) is 1.59. The van der Waals surface area contributed by atoms with E-state index >= 15 is 0 Å². The third-order valence-electron chi connectivity index (χ3n) is 2.43. The number of amides is 2. The maximum atomic E-state index is 11.8. The lowest BCUT2D eigenvalue weighted by Gasteiger charge is -2.08. The maximum Gasteiger partial charge on any atom is 0.319 e. The fourth-order valence-electron chi connectivity index (χ4n) is 1.51.